The zero-order chi connectivity index (χ0) is 7.68. The summed E-state index contributed by atoms with van der Waals surface area (Å²) in [5.74, 6) is 1.19. The lowest BCUT2D eigenvalue weighted by Crippen LogP contribution is -2.20. The number of fused-ring (bicyclic) bond motifs is 1. The first-order valence-corrected chi connectivity index (χ1v) is 4.10. The van der Waals surface area contributed by atoms with Crippen LogP contribution in [0, 0.1) is 0 Å². The van der Waals surface area contributed by atoms with Crippen LogP contribution < -0.4 is 0 Å². The predicted octanol–water partition coefficient (Wildman–Crippen LogP) is 1.31. The summed E-state index contributed by atoms with van der Waals surface area (Å²) in [6, 6.07) is 2.09. The number of furan rings is 1. The molecule has 0 saturated carbocycles. The second-order valence-corrected chi connectivity index (χ2v) is 3.17. The highest BCUT2D eigenvalue weighted by Gasteiger charge is 2.12. The summed E-state index contributed by atoms with van der Waals surface area (Å²) in [4.78, 5) is 2.34. The Morgan fingerprint density at radius 2 is 2.18 bits per heavy atom. The minimum atomic E-state index is 1.07. The van der Waals surface area contributed by atoms with Gasteiger partial charge in [0.25, 0.3) is 0 Å². The van der Waals surface area contributed by atoms with Crippen LogP contribution in [0.5, 0.6) is 0 Å². The third-order valence-electron chi connectivity index (χ3n) is 2.32. The summed E-state index contributed by atoms with van der Waals surface area (Å²) in [6.45, 7) is 2.28. The van der Waals surface area contributed by atoms with E-state index in [2.05, 4.69) is 18.0 Å². The Balaban J connectivity index is 2.20. The largest absolute Gasteiger partial charge is 0.469 e. The lowest BCUT2D eigenvalue weighted by Gasteiger charge is -2.10. The lowest BCUT2D eigenvalue weighted by atomic mass is 10.2. The molecule has 0 unspecified atom stereocenters. The number of rotatable bonds is 0. The predicted molar refractivity (Wildman–Crippen MR) is 43.6 cm³/mol. The third-order valence-corrected chi connectivity index (χ3v) is 2.32. The molecular formula is C9H13NO. The Kier molecular flexibility index (Phi) is 1.70. The first kappa shape index (κ1) is 6.92. The monoisotopic (exact) mass is 151 g/mol. The SMILES string of the molecule is CN1CCc2ccoc2CC1. The van der Waals surface area contributed by atoms with E-state index in [-0.39, 0.29) is 0 Å². The highest BCUT2D eigenvalue weighted by atomic mass is 16.3. The zero-order valence-electron chi connectivity index (χ0n) is 6.84. The van der Waals surface area contributed by atoms with Gasteiger partial charge in [0.2, 0.25) is 0 Å². The quantitative estimate of drug-likeness (QED) is 0.556. The number of nitrogens with zero attached hydrogens (tertiary/aromatic N) is 1. The van der Waals surface area contributed by atoms with E-state index in [1.807, 2.05) is 0 Å². The zero-order valence-corrected chi connectivity index (χ0v) is 6.84. The first-order chi connectivity index (χ1) is 5.36. The summed E-state index contributed by atoms with van der Waals surface area (Å²) in [7, 11) is 2.16. The molecule has 0 atom stereocenters. The fourth-order valence-corrected chi connectivity index (χ4v) is 1.52. The Labute approximate surface area is 66.8 Å². The molecule has 0 saturated heterocycles. The molecular weight excluding hydrogens is 138 g/mol. The van der Waals surface area contributed by atoms with Gasteiger partial charge < -0.3 is 9.32 Å². The molecule has 2 heterocycles. The molecule has 60 valence electrons. The van der Waals surface area contributed by atoms with Crippen LogP contribution in [0.4, 0.5) is 0 Å². The number of likely N-dealkylation sites (N-methyl/N-ethyl adjacent to an activating group) is 1. The Bertz CT molecular complexity index is 219. The summed E-state index contributed by atoms with van der Waals surface area (Å²) in [6.07, 6.45) is 4.01. The highest BCUT2D eigenvalue weighted by Crippen LogP contribution is 2.15. The summed E-state index contributed by atoms with van der Waals surface area (Å²) in [5.41, 5.74) is 1.40. The number of hydrogen-bond acceptors (Lipinski definition) is 2. The summed E-state index contributed by atoms with van der Waals surface area (Å²) in [5, 5.41) is 0. The van der Waals surface area contributed by atoms with Gasteiger partial charge >= 0.3 is 0 Å². The fourth-order valence-electron chi connectivity index (χ4n) is 1.52. The van der Waals surface area contributed by atoms with Gasteiger partial charge in [0, 0.05) is 19.5 Å². The third kappa shape index (κ3) is 1.31. The van der Waals surface area contributed by atoms with Gasteiger partial charge in [-0.05, 0) is 25.1 Å². The maximum atomic E-state index is 5.36. The van der Waals surface area contributed by atoms with Gasteiger partial charge in [-0.25, -0.2) is 0 Å². The summed E-state index contributed by atoms with van der Waals surface area (Å²) < 4.78 is 5.36. The molecule has 2 heteroatoms. The first-order valence-electron chi connectivity index (χ1n) is 4.10. The van der Waals surface area contributed by atoms with E-state index in [1.165, 1.54) is 11.3 Å². The van der Waals surface area contributed by atoms with Crippen molar-refractivity contribution in [2.75, 3.05) is 20.1 Å². The van der Waals surface area contributed by atoms with E-state index in [0.717, 1.165) is 25.9 Å². The van der Waals surface area contributed by atoms with Gasteiger partial charge in [0.15, 0.2) is 0 Å². The molecule has 0 aliphatic carbocycles. The summed E-state index contributed by atoms with van der Waals surface area (Å²) >= 11 is 0. The van der Waals surface area contributed by atoms with Crippen molar-refractivity contribution in [2.24, 2.45) is 0 Å². The van der Waals surface area contributed by atoms with Crippen molar-refractivity contribution in [1.29, 1.82) is 0 Å². The minimum Gasteiger partial charge on any atom is -0.469 e. The molecule has 0 bridgehead atoms. The maximum absolute atomic E-state index is 5.36. The van der Waals surface area contributed by atoms with Crippen LogP contribution in [-0.2, 0) is 12.8 Å². The van der Waals surface area contributed by atoms with Crippen LogP contribution in [0.2, 0.25) is 0 Å². The van der Waals surface area contributed by atoms with Crippen molar-refractivity contribution in [3.05, 3.63) is 23.7 Å². The molecule has 11 heavy (non-hydrogen) atoms. The van der Waals surface area contributed by atoms with Crippen molar-refractivity contribution in [3.63, 3.8) is 0 Å². The molecule has 2 nitrogen and oxygen atoms in total. The number of hydrogen-bond donors (Lipinski definition) is 0. The second-order valence-electron chi connectivity index (χ2n) is 3.17. The van der Waals surface area contributed by atoms with Crippen molar-refractivity contribution < 1.29 is 4.42 Å². The van der Waals surface area contributed by atoms with Gasteiger partial charge in [-0.15, -0.1) is 0 Å². The Morgan fingerprint density at radius 3 is 3.09 bits per heavy atom. The molecule has 1 aliphatic rings. The Morgan fingerprint density at radius 1 is 1.36 bits per heavy atom. The van der Waals surface area contributed by atoms with Crippen LogP contribution in [0.3, 0.4) is 0 Å². The van der Waals surface area contributed by atoms with Crippen LogP contribution in [0.1, 0.15) is 11.3 Å². The van der Waals surface area contributed by atoms with E-state index < -0.39 is 0 Å². The van der Waals surface area contributed by atoms with E-state index in [1.54, 1.807) is 6.26 Å². The van der Waals surface area contributed by atoms with E-state index in [0.29, 0.717) is 0 Å². The lowest BCUT2D eigenvalue weighted by molar-refractivity contribution is 0.344. The van der Waals surface area contributed by atoms with Crippen molar-refractivity contribution >= 4 is 0 Å². The normalized spacial score (nSPS) is 19.4. The van der Waals surface area contributed by atoms with E-state index >= 15 is 0 Å². The van der Waals surface area contributed by atoms with Crippen molar-refractivity contribution in [1.82, 2.24) is 4.90 Å². The molecule has 0 fully saturated rings. The minimum absolute atomic E-state index is 1.07. The molecule has 0 radical (unpaired) electrons. The molecule has 0 N–H and O–H groups in total. The molecule has 0 spiro atoms. The van der Waals surface area contributed by atoms with Crippen LogP contribution >= 0.6 is 0 Å². The van der Waals surface area contributed by atoms with Gasteiger partial charge in [0.1, 0.15) is 5.76 Å². The molecule has 2 rings (SSSR count). The highest BCUT2D eigenvalue weighted by molar-refractivity contribution is 5.18. The Hall–Kier alpha value is -0.760. The van der Waals surface area contributed by atoms with Gasteiger partial charge in [-0.2, -0.15) is 0 Å². The molecule has 1 aromatic rings. The van der Waals surface area contributed by atoms with Crippen LogP contribution in [-0.4, -0.2) is 25.0 Å². The van der Waals surface area contributed by atoms with Crippen LogP contribution in [0.25, 0.3) is 0 Å². The standard InChI is InChI=1S/C9H13NO/c1-10-5-2-8-4-7-11-9(8)3-6-10/h4,7H,2-3,5-6H2,1H3. The molecule has 1 aromatic heterocycles. The van der Waals surface area contributed by atoms with Crippen LogP contribution in [0.15, 0.2) is 16.7 Å². The van der Waals surface area contributed by atoms with E-state index in [4.69, 9.17) is 4.42 Å². The fraction of sp³-hybridized carbons (Fsp3) is 0.556. The van der Waals surface area contributed by atoms with E-state index in [9.17, 15) is 0 Å². The average Bonchev–Trinajstić information content (AvgIpc) is 2.38. The van der Waals surface area contributed by atoms with Gasteiger partial charge in [-0.3, -0.25) is 0 Å². The maximum Gasteiger partial charge on any atom is 0.108 e. The molecule has 0 amide bonds. The van der Waals surface area contributed by atoms with Crippen molar-refractivity contribution in [3.8, 4) is 0 Å². The average molecular weight is 151 g/mol. The van der Waals surface area contributed by atoms with Gasteiger partial charge in [0.05, 0.1) is 6.26 Å². The molecule has 0 aromatic carbocycles. The smallest absolute Gasteiger partial charge is 0.108 e. The second kappa shape index (κ2) is 2.70. The topological polar surface area (TPSA) is 16.4 Å². The van der Waals surface area contributed by atoms with Crippen molar-refractivity contribution in [2.45, 2.75) is 12.8 Å². The molecule has 1 aliphatic heterocycles. The van der Waals surface area contributed by atoms with Gasteiger partial charge in [-0.1, -0.05) is 0 Å².